The van der Waals surface area contributed by atoms with Crippen LogP contribution in [0.4, 0.5) is 0 Å². The van der Waals surface area contributed by atoms with Gasteiger partial charge in [0.25, 0.3) is 0 Å². The van der Waals surface area contributed by atoms with E-state index in [0.29, 0.717) is 16.2 Å². The highest BCUT2D eigenvalue weighted by Crippen LogP contribution is 2.27. The number of benzene rings is 1. The minimum atomic E-state index is -0.122. The molecule has 0 radical (unpaired) electrons. The van der Waals surface area contributed by atoms with Gasteiger partial charge in [-0.2, -0.15) is 0 Å². The first kappa shape index (κ1) is 11.7. The van der Waals surface area contributed by atoms with E-state index < -0.39 is 0 Å². The monoisotopic (exact) mass is 245 g/mol. The van der Waals surface area contributed by atoms with Crippen LogP contribution < -0.4 is 0 Å². The van der Waals surface area contributed by atoms with Crippen molar-refractivity contribution in [3.63, 3.8) is 0 Å². The van der Waals surface area contributed by atoms with Gasteiger partial charge in [-0.1, -0.05) is 29.8 Å². The topological polar surface area (TPSA) is 47.0 Å². The van der Waals surface area contributed by atoms with E-state index in [1.165, 1.54) is 18.3 Å². The van der Waals surface area contributed by atoms with Crippen LogP contribution in [0.15, 0.2) is 24.3 Å². The second kappa shape index (κ2) is 4.59. The van der Waals surface area contributed by atoms with Crippen LogP contribution in [0.2, 0.25) is 0 Å². The average Bonchev–Trinajstić information content (AvgIpc) is 2.74. The molecule has 1 aromatic heterocycles. The standard InChI is InChI=1S/C13H11NO2S/c1-8-3-5-10(6-4-8)13-14-11(7-15)12(17-13)9(2)16/h3-7H,1-2H3. The molecule has 0 amide bonds. The zero-order valence-electron chi connectivity index (χ0n) is 9.56. The summed E-state index contributed by atoms with van der Waals surface area (Å²) in [7, 11) is 0. The molecule has 0 spiro atoms. The highest BCUT2D eigenvalue weighted by Gasteiger charge is 2.15. The molecular weight excluding hydrogens is 234 g/mol. The number of aryl methyl sites for hydroxylation is 1. The summed E-state index contributed by atoms with van der Waals surface area (Å²) in [5.74, 6) is -0.122. The molecule has 86 valence electrons. The first-order valence-corrected chi connectivity index (χ1v) is 5.97. The number of ketones is 1. The van der Waals surface area contributed by atoms with Crippen LogP contribution in [0.25, 0.3) is 10.6 Å². The van der Waals surface area contributed by atoms with Crippen molar-refractivity contribution >= 4 is 23.4 Å². The third-order valence-electron chi connectivity index (χ3n) is 2.38. The van der Waals surface area contributed by atoms with Crippen LogP contribution >= 0.6 is 11.3 Å². The number of rotatable bonds is 3. The molecule has 1 aromatic carbocycles. The van der Waals surface area contributed by atoms with E-state index in [2.05, 4.69) is 4.98 Å². The van der Waals surface area contributed by atoms with Crippen molar-refractivity contribution in [3.05, 3.63) is 40.4 Å². The fraction of sp³-hybridized carbons (Fsp3) is 0.154. The number of aromatic nitrogens is 1. The van der Waals surface area contributed by atoms with Crippen molar-refractivity contribution in [2.45, 2.75) is 13.8 Å². The number of nitrogens with zero attached hydrogens (tertiary/aromatic N) is 1. The van der Waals surface area contributed by atoms with Crippen molar-refractivity contribution in [1.82, 2.24) is 4.98 Å². The summed E-state index contributed by atoms with van der Waals surface area (Å²) in [5, 5.41) is 0.706. The Bertz CT molecular complexity index is 570. The van der Waals surface area contributed by atoms with E-state index in [9.17, 15) is 9.59 Å². The van der Waals surface area contributed by atoms with Gasteiger partial charge >= 0.3 is 0 Å². The predicted molar refractivity (Wildman–Crippen MR) is 67.7 cm³/mol. The maximum Gasteiger partial charge on any atom is 0.172 e. The van der Waals surface area contributed by atoms with Crippen LogP contribution in [-0.2, 0) is 0 Å². The number of carbonyl (C=O) groups is 2. The van der Waals surface area contributed by atoms with E-state index in [1.54, 1.807) is 0 Å². The average molecular weight is 245 g/mol. The van der Waals surface area contributed by atoms with E-state index in [0.717, 1.165) is 11.1 Å². The molecular formula is C13H11NO2S. The van der Waals surface area contributed by atoms with Crippen molar-refractivity contribution in [1.29, 1.82) is 0 Å². The number of carbonyl (C=O) groups excluding carboxylic acids is 2. The Morgan fingerprint density at radius 3 is 2.41 bits per heavy atom. The number of hydrogen-bond donors (Lipinski definition) is 0. The zero-order valence-corrected chi connectivity index (χ0v) is 10.4. The summed E-state index contributed by atoms with van der Waals surface area (Å²) in [6.45, 7) is 3.45. The number of Topliss-reactive ketones (excluding diaryl/α,β-unsaturated/α-hetero) is 1. The summed E-state index contributed by atoms with van der Waals surface area (Å²) in [5.41, 5.74) is 2.32. The molecule has 2 rings (SSSR count). The molecule has 0 unspecified atom stereocenters. The molecule has 2 aromatic rings. The predicted octanol–water partition coefficient (Wildman–Crippen LogP) is 3.13. The van der Waals surface area contributed by atoms with Crippen molar-refractivity contribution in [3.8, 4) is 10.6 Å². The molecule has 0 aliphatic heterocycles. The minimum absolute atomic E-state index is 0.122. The Hall–Kier alpha value is -1.81. The number of aldehydes is 1. The van der Waals surface area contributed by atoms with Gasteiger partial charge in [-0.25, -0.2) is 4.98 Å². The Morgan fingerprint density at radius 1 is 1.29 bits per heavy atom. The third kappa shape index (κ3) is 2.31. The van der Waals surface area contributed by atoms with E-state index >= 15 is 0 Å². The second-order valence-electron chi connectivity index (χ2n) is 3.77. The zero-order chi connectivity index (χ0) is 12.4. The van der Waals surface area contributed by atoms with E-state index in [-0.39, 0.29) is 11.5 Å². The van der Waals surface area contributed by atoms with E-state index in [1.807, 2.05) is 31.2 Å². The molecule has 17 heavy (non-hydrogen) atoms. The first-order chi connectivity index (χ1) is 8.11. The van der Waals surface area contributed by atoms with Crippen LogP contribution in [0, 0.1) is 6.92 Å². The van der Waals surface area contributed by atoms with E-state index in [4.69, 9.17) is 0 Å². The normalized spacial score (nSPS) is 10.2. The Balaban J connectivity index is 2.50. The van der Waals surface area contributed by atoms with Gasteiger partial charge in [-0.15, -0.1) is 11.3 Å². The highest BCUT2D eigenvalue weighted by atomic mass is 32.1. The first-order valence-electron chi connectivity index (χ1n) is 5.16. The summed E-state index contributed by atoms with van der Waals surface area (Å²) >= 11 is 1.26. The largest absolute Gasteiger partial charge is 0.296 e. The Kier molecular flexibility index (Phi) is 3.15. The second-order valence-corrected chi connectivity index (χ2v) is 4.77. The van der Waals surface area contributed by atoms with Crippen LogP contribution in [0.1, 0.15) is 32.6 Å². The summed E-state index contributed by atoms with van der Waals surface area (Å²) in [4.78, 5) is 26.8. The molecule has 0 saturated heterocycles. The number of thiazole rings is 1. The molecule has 0 aliphatic carbocycles. The third-order valence-corrected chi connectivity index (χ3v) is 3.60. The quantitative estimate of drug-likeness (QED) is 0.616. The van der Waals surface area contributed by atoms with Gasteiger partial charge in [-0.05, 0) is 6.92 Å². The summed E-state index contributed by atoms with van der Waals surface area (Å²) in [6, 6.07) is 7.83. The maximum atomic E-state index is 11.3. The van der Waals surface area contributed by atoms with Crippen LogP contribution in [0.5, 0.6) is 0 Å². The molecule has 4 heteroatoms. The SMILES string of the molecule is CC(=O)c1sc(-c2ccc(C)cc2)nc1C=O. The lowest BCUT2D eigenvalue weighted by Gasteiger charge is -1.95. The van der Waals surface area contributed by atoms with Crippen molar-refractivity contribution < 1.29 is 9.59 Å². The van der Waals surface area contributed by atoms with Gasteiger partial charge in [-0.3, -0.25) is 9.59 Å². The van der Waals surface area contributed by atoms with Gasteiger partial charge < -0.3 is 0 Å². The Labute approximate surface area is 103 Å². The van der Waals surface area contributed by atoms with Gasteiger partial charge in [0.15, 0.2) is 12.1 Å². The van der Waals surface area contributed by atoms with Gasteiger partial charge in [0.1, 0.15) is 15.6 Å². The van der Waals surface area contributed by atoms with Crippen LogP contribution in [-0.4, -0.2) is 17.1 Å². The van der Waals surface area contributed by atoms with Crippen LogP contribution in [0.3, 0.4) is 0 Å². The fourth-order valence-electron chi connectivity index (χ4n) is 1.48. The minimum Gasteiger partial charge on any atom is -0.296 e. The lowest BCUT2D eigenvalue weighted by molar-refractivity contribution is 0.101. The van der Waals surface area contributed by atoms with Gasteiger partial charge in [0.2, 0.25) is 0 Å². The molecule has 0 aliphatic rings. The molecule has 0 saturated carbocycles. The summed E-state index contributed by atoms with van der Waals surface area (Å²) < 4.78 is 0. The molecule has 1 heterocycles. The van der Waals surface area contributed by atoms with Gasteiger partial charge in [0.05, 0.1) is 0 Å². The van der Waals surface area contributed by atoms with Crippen molar-refractivity contribution in [2.75, 3.05) is 0 Å². The van der Waals surface area contributed by atoms with Gasteiger partial charge in [0, 0.05) is 12.5 Å². The lowest BCUT2D eigenvalue weighted by Crippen LogP contribution is -1.93. The lowest BCUT2D eigenvalue weighted by atomic mass is 10.2. The number of hydrogen-bond acceptors (Lipinski definition) is 4. The van der Waals surface area contributed by atoms with Crippen molar-refractivity contribution in [2.24, 2.45) is 0 Å². The highest BCUT2D eigenvalue weighted by molar-refractivity contribution is 7.17. The molecule has 0 bridgehead atoms. The molecule has 3 nitrogen and oxygen atoms in total. The molecule has 0 atom stereocenters. The maximum absolute atomic E-state index is 11.3. The molecule has 0 N–H and O–H groups in total. The molecule has 0 fully saturated rings. The summed E-state index contributed by atoms with van der Waals surface area (Å²) in [6.07, 6.45) is 0.630. The Morgan fingerprint density at radius 2 is 1.94 bits per heavy atom. The smallest absolute Gasteiger partial charge is 0.172 e. The fourth-order valence-corrected chi connectivity index (χ4v) is 2.42.